The number of aromatic nitrogens is 5. The van der Waals surface area contributed by atoms with Gasteiger partial charge in [0.2, 0.25) is 0 Å². The third-order valence-electron chi connectivity index (χ3n) is 1.79. The zero-order valence-electron chi connectivity index (χ0n) is 8.02. The summed E-state index contributed by atoms with van der Waals surface area (Å²) in [4.78, 5) is 11.4. The minimum absolute atomic E-state index is 0.165. The maximum Gasteiger partial charge on any atom is 0.361 e. The molecule has 78 valence electrons. The Labute approximate surface area is 84.8 Å². The van der Waals surface area contributed by atoms with Crippen molar-refractivity contribution in [3.05, 3.63) is 18.1 Å². The monoisotopic (exact) mass is 207 g/mol. The van der Waals surface area contributed by atoms with Crippen molar-refractivity contribution in [2.24, 2.45) is 0 Å². The first-order valence-corrected chi connectivity index (χ1v) is 4.40. The van der Waals surface area contributed by atoms with Crippen LogP contribution in [0.4, 0.5) is 0 Å². The molecule has 0 spiro atoms. The third-order valence-corrected chi connectivity index (χ3v) is 1.79. The van der Waals surface area contributed by atoms with E-state index in [0.29, 0.717) is 17.9 Å². The van der Waals surface area contributed by atoms with Gasteiger partial charge in [-0.15, -0.1) is 5.10 Å². The molecule has 0 radical (unpaired) electrons. The fourth-order valence-corrected chi connectivity index (χ4v) is 1.15. The topological polar surface area (TPSA) is 96.6 Å². The molecule has 2 heterocycles. The van der Waals surface area contributed by atoms with Gasteiger partial charge in [0.05, 0.1) is 12.8 Å². The molecule has 2 rings (SSSR count). The predicted molar refractivity (Wildman–Crippen MR) is 49.9 cm³/mol. The van der Waals surface area contributed by atoms with E-state index in [9.17, 15) is 4.79 Å². The highest BCUT2D eigenvalue weighted by Gasteiger charge is 2.19. The van der Waals surface area contributed by atoms with Crippen molar-refractivity contribution in [2.75, 3.05) is 6.61 Å². The fraction of sp³-hybridized carbons (Fsp3) is 0.250. The molecule has 0 unspecified atom stereocenters. The van der Waals surface area contributed by atoms with E-state index in [1.807, 2.05) is 0 Å². The number of aromatic amines is 2. The third kappa shape index (κ3) is 1.71. The highest BCUT2D eigenvalue weighted by atomic mass is 16.5. The second-order valence-corrected chi connectivity index (χ2v) is 2.73. The molecule has 0 aliphatic heterocycles. The van der Waals surface area contributed by atoms with Crippen LogP contribution in [0.15, 0.2) is 12.4 Å². The number of H-pyrrole nitrogens is 2. The van der Waals surface area contributed by atoms with Crippen molar-refractivity contribution in [1.82, 2.24) is 25.6 Å². The lowest BCUT2D eigenvalue weighted by molar-refractivity contribution is 0.0520. The quantitative estimate of drug-likeness (QED) is 0.709. The van der Waals surface area contributed by atoms with Gasteiger partial charge in [-0.25, -0.2) is 4.79 Å². The van der Waals surface area contributed by atoms with E-state index in [0.717, 1.165) is 0 Å². The Morgan fingerprint density at radius 3 is 3.07 bits per heavy atom. The summed E-state index contributed by atoms with van der Waals surface area (Å²) in [6, 6.07) is 0. The number of hydrogen-bond acceptors (Lipinski definition) is 5. The van der Waals surface area contributed by atoms with E-state index in [-0.39, 0.29) is 5.69 Å². The Bertz CT molecular complexity index is 447. The molecule has 0 bridgehead atoms. The molecule has 7 heteroatoms. The molecule has 0 amide bonds. The van der Waals surface area contributed by atoms with E-state index < -0.39 is 5.97 Å². The van der Waals surface area contributed by atoms with Crippen molar-refractivity contribution in [2.45, 2.75) is 6.92 Å². The molecule has 0 saturated heterocycles. The van der Waals surface area contributed by atoms with E-state index in [4.69, 9.17) is 4.74 Å². The minimum atomic E-state index is -0.498. The molecule has 0 aliphatic carbocycles. The molecule has 2 aromatic rings. The van der Waals surface area contributed by atoms with Gasteiger partial charge in [-0.1, -0.05) is 0 Å². The maximum atomic E-state index is 11.4. The van der Waals surface area contributed by atoms with Crippen LogP contribution < -0.4 is 0 Å². The Morgan fingerprint density at radius 1 is 1.53 bits per heavy atom. The van der Waals surface area contributed by atoms with Crippen LogP contribution in [0.5, 0.6) is 0 Å². The lowest BCUT2D eigenvalue weighted by Gasteiger charge is -1.98. The Balaban J connectivity index is 2.34. The zero-order chi connectivity index (χ0) is 10.7. The van der Waals surface area contributed by atoms with Crippen LogP contribution in [0.2, 0.25) is 0 Å². The molecule has 0 saturated carbocycles. The van der Waals surface area contributed by atoms with E-state index >= 15 is 0 Å². The number of esters is 1. The van der Waals surface area contributed by atoms with Gasteiger partial charge in [-0.3, -0.25) is 5.10 Å². The summed E-state index contributed by atoms with van der Waals surface area (Å²) in [6.07, 6.45) is 3.18. The SMILES string of the molecule is CCOC(=O)c1n[nH]nc1-c1cn[nH]c1. The Morgan fingerprint density at radius 2 is 2.40 bits per heavy atom. The highest BCUT2D eigenvalue weighted by Crippen LogP contribution is 2.17. The first kappa shape index (κ1) is 9.38. The Hall–Kier alpha value is -2.18. The van der Waals surface area contributed by atoms with Crippen LogP contribution in [-0.2, 0) is 4.74 Å². The predicted octanol–water partition coefficient (Wildman–Crippen LogP) is 0.371. The molecular weight excluding hydrogens is 198 g/mol. The van der Waals surface area contributed by atoms with Crippen molar-refractivity contribution in [3.8, 4) is 11.3 Å². The summed E-state index contributed by atoms with van der Waals surface area (Å²) >= 11 is 0. The van der Waals surface area contributed by atoms with E-state index in [1.54, 1.807) is 19.3 Å². The average molecular weight is 207 g/mol. The number of carbonyl (C=O) groups excluding carboxylic acids is 1. The summed E-state index contributed by atoms with van der Waals surface area (Å²) in [5.41, 5.74) is 1.28. The highest BCUT2D eigenvalue weighted by molar-refractivity contribution is 5.93. The van der Waals surface area contributed by atoms with Crippen molar-refractivity contribution in [3.63, 3.8) is 0 Å². The second-order valence-electron chi connectivity index (χ2n) is 2.73. The maximum absolute atomic E-state index is 11.4. The van der Waals surface area contributed by atoms with Crippen LogP contribution in [0.1, 0.15) is 17.4 Å². The van der Waals surface area contributed by atoms with Crippen LogP contribution in [0, 0.1) is 0 Å². The lowest BCUT2D eigenvalue weighted by atomic mass is 10.2. The first-order chi connectivity index (χ1) is 7.33. The normalized spacial score (nSPS) is 10.2. The number of nitrogens with zero attached hydrogens (tertiary/aromatic N) is 3. The van der Waals surface area contributed by atoms with Gasteiger partial charge in [0.15, 0.2) is 5.69 Å². The molecule has 0 fully saturated rings. The van der Waals surface area contributed by atoms with Crippen LogP contribution in [0.3, 0.4) is 0 Å². The average Bonchev–Trinajstić information content (AvgIpc) is 2.88. The summed E-state index contributed by atoms with van der Waals surface area (Å²) in [5, 5.41) is 16.4. The van der Waals surface area contributed by atoms with Gasteiger partial charge in [-0.2, -0.15) is 15.4 Å². The number of carbonyl (C=O) groups is 1. The van der Waals surface area contributed by atoms with Crippen LogP contribution in [0.25, 0.3) is 11.3 Å². The van der Waals surface area contributed by atoms with Gasteiger partial charge in [0, 0.05) is 11.8 Å². The summed E-state index contributed by atoms with van der Waals surface area (Å²) in [7, 11) is 0. The summed E-state index contributed by atoms with van der Waals surface area (Å²) < 4.78 is 4.83. The first-order valence-electron chi connectivity index (χ1n) is 4.40. The molecular formula is C8H9N5O2. The fourth-order valence-electron chi connectivity index (χ4n) is 1.15. The zero-order valence-corrected chi connectivity index (χ0v) is 8.02. The molecule has 2 aromatic heterocycles. The van der Waals surface area contributed by atoms with Crippen LogP contribution >= 0.6 is 0 Å². The molecule has 15 heavy (non-hydrogen) atoms. The van der Waals surface area contributed by atoms with Gasteiger partial charge in [0.25, 0.3) is 0 Å². The van der Waals surface area contributed by atoms with Crippen molar-refractivity contribution in [1.29, 1.82) is 0 Å². The minimum Gasteiger partial charge on any atom is -0.461 e. The van der Waals surface area contributed by atoms with Gasteiger partial charge in [0.1, 0.15) is 5.69 Å². The molecule has 0 aromatic carbocycles. The molecule has 2 N–H and O–H groups in total. The molecule has 7 nitrogen and oxygen atoms in total. The number of rotatable bonds is 3. The van der Waals surface area contributed by atoms with Gasteiger partial charge in [-0.05, 0) is 6.92 Å². The number of ether oxygens (including phenoxy) is 1. The van der Waals surface area contributed by atoms with Crippen LogP contribution in [-0.4, -0.2) is 38.2 Å². The van der Waals surface area contributed by atoms with Gasteiger partial charge < -0.3 is 4.74 Å². The van der Waals surface area contributed by atoms with Crippen molar-refractivity contribution >= 4 is 5.97 Å². The molecule has 0 atom stereocenters. The van der Waals surface area contributed by atoms with Crippen molar-refractivity contribution < 1.29 is 9.53 Å². The number of hydrogen-bond donors (Lipinski definition) is 2. The van der Waals surface area contributed by atoms with E-state index in [2.05, 4.69) is 25.6 Å². The van der Waals surface area contributed by atoms with Gasteiger partial charge >= 0.3 is 5.97 Å². The Kier molecular flexibility index (Phi) is 2.44. The standard InChI is InChI=1S/C8H9N5O2/c1-2-15-8(14)7-6(11-13-12-7)5-3-9-10-4-5/h3-4H,2H2,1H3,(H,9,10)(H,11,12,13). The molecule has 0 aliphatic rings. The largest absolute Gasteiger partial charge is 0.461 e. The summed E-state index contributed by atoms with van der Waals surface area (Å²) in [5.74, 6) is -0.498. The van der Waals surface area contributed by atoms with E-state index in [1.165, 1.54) is 0 Å². The summed E-state index contributed by atoms with van der Waals surface area (Å²) in [6.45, 7) is 2.03. The lowest BCUT2D eigenvalue weighted by Crippen LogP contribution is -2.06. The smallest absolute Gasteiger partial charge is 0.361 e. The second kappa shape index (κ2) is 3.91. The number of nitrogens with one attached hydrogen (secondary N) is 2.